The van der Waals surface area contributed by atoms with Gasteiger partial charge >= 0.3 is 0 Å². The van der Waals surface area contributed by atoms with Crippen LogP contribution in [0.15, 0.2) is 18.5 Å². The molecule has 0 radical (unpaired) electrons. The van der Waals surface area contributed by atoms with Crippen molar-refractivity contribution < 1.29 is 22.4 Å². The second-order valence-corrected chi connectivity index (χ2v) is 9.31. The smallest absolute Gasteiger partial charge is 0.255 e. The molecule has 1 aromatic rings. The fraction of sp³-hybridized carbons (Fsp3) is 0.588. The summed E-state index contributed by atoms with van der Waals surface area (Å²) < 4.78 is 40.1. The van der Waals surface area contributed by atoms with Gasteiger partial charge in [-0.05, 0) is 25.8 Å². The van der Waals surface area contributed by atoms with Gasteiger partial charge in [0.1, 0.15) is 6.04 Å². The molecule has 1 saturated heterocycles. The summed E-state index contributed by atoms with van der Waals surface area (Å²) in [5.41, 5.74) is -0.858. The minimum absolute atomic E-state index is 0.100. The Hall–Kier alpha value is -2.07. The van der Waals surface area contributed by atoms with Crippen molar-refractivity contribution in [2.45, 2.75) is 44.2 Å². The van der Waals surface area contributed by atoms with Crippen LogP contribution in [-0.2, 0) is 14.8 Å². The van der Waals surface area contributed by atoms with Crippen molar-refractivity contribution in [3.63, 3.8) is 0 Å². The van der Waals surface area contributed by atoms with Gasteiger partial charge in [0.25, 0.3) is 5.91 Å². The molecule has 1 spiro atoms. The Labute approximate surface area is 157 Å². The number of hydrogen-bond donors (Lipinski definition) is 2. The van der Waals surface area contributed by atoms with E-state index in [1.807, 2.05) is 0 Å². The number of nitrogens with zero attached hydrogens (tertiary/aromatic N) is 2. The standard InChI is InChI=1S/C17H23FN4O4S/c1-2-27(25,26)22-10-14(16(24)21-17(11-22)6-3-4-7-17)20-15(23)12-5-8-19-9-13(12)18/h5,8-9,14H,2-4,6-7,10-11H2,1H3,(H,20,23)(H,21,24). The molecule has 0 bridgehead atoms. The van der Waals surface area contributed by atoms with Gasteiger partial charge in [-0.3, -0.25) is 14.6 Å². The van der Waals surface area contributed by atoms with Gasteiger partial charge in [-0.2, -0.15) is 4.31 Å². The van der Waals surface area contributed by atoms with Crippen LogP contribution in [0.5, 0.6) is 0 Å². The van der Waals surface area contributed by atoms with E-state index in [0.717, 1.165) is 19.0 Å². The van der Waals surface area contributed by atoms with E-state index in [9.17, 15) is 22.4 Å². The molecule has 2 heterocycles. The fourth-order valence-electron chi connectivity index (χ4n) is 3.71. The molecule has 1 aliphatic carbocycles. The zero-order chi connectivity index (χ0) is 19.7. The minimum Gasteiger partial charge on any atom is -0.348 e. The zero-order valence-electron chi connectivity index (χ0n) is 15.1. The fourth-order valence-corrected chi connectivity index (χ4v) is 4.90. The van der Waals surface area contributed by atoms with Gasteiger partial charge in [-0.25, -0.2) is 12.8 Å². The Morgan fingerprint density at radius 2 is 2.15 bits per heavy atom. The summed E-state index contributed by atoms with van der Waals surface area (Å²) in [5.74, 6) is -2.15. The molecule has 27 heavy (non-hydrogen) atoms. The normalized spacial score (nSPS) is 23.0. The number of hydrogen-bond acceptors (Lipinski definition) is 5. The highest BCUT2D eigenvalue weighted by atomic mass is 32.2. The van der Waals surface area contributed by atoms with Crippen LogP contribution in [0.25, 0.3) is 0 Å². The quantitative estimate of drug-likeness (QED) is 0.764. The molecular formula is C17H23FN4O4S. The van der Waals surface area contributed by atoms with Gasteiger partial charge in [0.2, 0.25) is 15.9 Å². The topological polar surface area (TPSA) is 108 Å². The molecule has 2 N–H and O–H groups in total. The monoisotopic (exact) mass is 398 g/mol. The lowest BCUT2D eigenvalue weighted by Crippen LogP contribution is -2.54. The third-order valence-corrected chi connectivity index (χ3v) is 7.01. The van der Waals surface area contributed by atoms with Crippen molar-refractivity contribution in [3.05, 3.63) is 29.8 Å². The Morgan fingerprint density at radius 3 is 2.78 bits per heavy atom. The Morgan fingerprint density at radius 1 is 1.44 bits per heavy atom. The Balaban J connectivity index is 1.87. The van der Waals surface area contributed by atoms with Crippen LogP contribution in [0, 0.1) is 5.82 Å². The minimum atomic E-state index is -3.57. The first kappa shape index (κ1) is 19.7. The summed E-state index contributed by atoms with van der Waals surface area (Å²) in [4.78, 5) is 28.7. The largest absolute Gasteiger partial charge is 0.348 e. The van der Waals surface area contributed by atoms with Crippen LogP contribution in [-0.4, -0.2) is 59.9 Å². The molecular weight excluding hydrogens is 375 g/mol. The molecule has 1 aliphatic heterocycles. The third kappa shape index (κ3) is 4.11. The number of amides is 2. The van der Waals surface area contributed by atoms with Crippen molar-refractivity contribution in [3.8, 4) is 0 Å². The summed E-state index contributed by atoms with van der Waals surface area (Å²) >= 11 is 0. The van der Waals surface area contributed by atoms with E-state index in [1.54, 1.807) is 0 Å². The second kappa shape index (κ2) is 7.51. The summed E-state index contributed by atoms with van der Waals surface area (Å²) in [6.07, 6.45) is 5.36. The molecule has 1 saturated carbocycles. The van der Waals surface area contributed by atoms with E-state index in [4.69, 9.17) is 0 Å². The summed E-state index contributed by atoms with van der Waals surface area (Å²) in [5, 5.41) is 5.41. The first-order valence-electron chi connectivity index (χ1n) is 8.96. The van der Waals surface area contributed by atoms with E-state index in [-0.39, 0.29) is 24.4 Å². The first-order valence-corrected chi connectivity index (χ1v) is 10.6. The maximum Gasteiger partial charge on any atom is 0.255 e. The van der Waals surface area contributed by atoms with Gasteiger partial charge < -0.3 is 10.6 Å². The van der Waals surface area contributed by atoms with Crippen molar-refractivity contribution in [2.24, 2.45) is 0 Å². The lowest BCUT2D eigenvalue weighted by molar-refractivity contribution is -0.124. The molecule has 0 aromatic carbocycles. The van der Waals surface area contributed by atoms with Crippen LogP contribution in [0.2, 0.25) is 0 Å². The number of carbonyl (C=O) groups is 2. The summed E-state index contributed by atoms with van der Waals surface area (Å²) in [6.45, 7) is 1.55. The van der Waals surface area contributed by atoms with Crippen LogP contribution < -0.4 is 10.6 Å². The van der Waals surface area contributed by atoms with E-state index < -0.39 is 39.2 Å². The molecule has 2 fully saturated rings. The maximum atomic E-state index is 13.8. The van der Waals surface area contributed by atoms with Crippen molar-refractivity contribution in [1.29, 1.82) is 0 Å². The van der Waals surface area contributed by atoms with Gasteiger partial charge in [0, 0.05) is 19.3 Å². The number of aromatic nitrogens is 1. The highest BCUT2D eigenvalue weighted by Crippen LogP contribution is 2.32. The Kier molecular flexibility index (Phi) is 5.48. The highest BCUT2D eigenvalue weighted by molar-refractivity contribution is 7.89. The van der Waals surface area contributed by atoms with Crippen LogP contribution in [0.3, 0.4) is 0 Å². The van der Waals surface area contributed by atoms with Gasteiger partial charge in [0.15, 0.2) is 5.82 Å². The lowest BCUT2D eigenvalue weighted by atomic mass is 9.98. The number of carbonyl (C=O) groups excluding carboxylic acids is 2. The number of halogens is 1. The third-order valence-electron chi connectivity index (χ3n) is 5.21. The molecule has 1 unspecified atom stereocenters. The average Bonchev–Trinajstić information content (AvgIpc) is 3.02. The predicted octanol–water partition coefficient (Wildman–Crippen LogP) is 0.413. The molecule has 10 heteroatoms. The predicted molar refractivity (Wildman–Crippen MR) is 95.8 cm³/mol. The van der Waals surface area contributed by atoms with Crippen molar-refractivity contribution in [1.82, 2.24) is 19.9 Å². The number of rotatable bonds is 4. The van der Waals surface area contributed by atoms with Crippen LogP contribution >= 0.6 is 0 Å². The van der Waals surface area contributed by atoms with Gasteiger partial charge in [-0.15, -0.1) is 0 Å². The lowest BCUT2D eigenvalue weighted by Gasteiger charge is -2.32. The van der Waals surface area contributed by atoms with Crippen molar-refractivity contribution >= 4 is 21.8 Å². The molecule has 3 rings (SSSR count). The summed E-state index contributed by atoms with van der Waals surface area (Å²) in [7, 11) is -3.57. The summed E-state index contributed by atoms with van der Waals surface area (Å²) in [6, 6.07) is 0.101. The highest BCUT2D eigenvalue weighted by Gasteiger charge is 2.45. The molecule has 1 aromatic heterocycles. The van der Waals surface area contributed by atoms with E-state index in [2.05, 4.69) is 15.6 Å². The van der Waals surface area contributed by atoms with E-state index in [1.165, 1.54) is 23.5 Å². The van der Waals surface area contributed by atoms with Gasteiger partial charge in [-0.1, -0.05) is 12.8 Å². The van der Waals surface area contributed by atoms with Crippen LogP contribution in [0.1, 0.15) is 43.0 Å². The molecule has 2 aliphatic rings. The van der Waals surface area contributed by atoms with Gasteiger partial charge in [0.05, 0.1) is 23.1 Å². The molecule has 8 nitrogen and oxygen atoms in total. The SMILES string of the molecule is CCS(=O)(=O)N1CC(NC(=O)c2ccncc2F)C(=O)NC2(CCCC2)C1. The first-order chi connectivity index (χ1) is 12.8. The molecule has 1 atom stereocenters. The van der Waals surface area contributed by atoms with E-state index in [0.29, 0.717) is 12.8 Å². The second-order valence-electron chi connectivity index (χ2n) is 7.05. The number of nitrogens with one attached hydrogen (secondary N) is 2. The maximum absolute atomic E-state index is 13.8. The number of pyridine rings is 1. The zero-order valence-corrected chi connectivity index (χ0v) is 15.9. The molecule has 148 valence electrons. The van der Waals surface area contributed by atoms with Crippen molar-refractivity contribution in [2.75, 3.05) is 18.8 Å². The van der Waals surface area contributed by atoms with Crippen LogP contribution in [0.4, 0.5) is 4.39 Å². The number of sulfonamides is 1. The molecule has 2 amide bonds. The van der Waals surface area contributed by atoms with E-state index >= 15 is 0 Å². The Bertz CT molecular complexity index is 839. The average molecular weight is 398 g/mol.